The fraction of sp³-hybridized carbons (Fsp3) is 0.154. The minimum atomic E-state index is -0.610. The van der Waals surface area contributed by atoms with E-state index in [2.05, 4.69) is 5.32 Å². The molecule has 0 aliphatic heterocycles. The summed E-state index contributed by atoms with van der Waals surface area (Å²) in [4.78, 5) is 23.2. The van der Waals surface area contributed by atoms with Gasteiger partial charge < -0.3 is 20.2 Å². The van der Waals surface area contributed by atoms with Crippen molar-refractivity contribution in [3.8, 4) is 0 Å². The smallest absolute Gasteiger partial charge is 0.340 e. The monoisotopic (exact) mass is 275 g/mol. The Morgan fingerprint density at radius 2 is 2.15 bits per heavy atom. The number of fused-ring (bicyclic) bond motifs is 1. The molecule has 7 heteroatoms. The van der Waals surface area contributed by atoms with Gasteiger partial charge >= 0.3 is 11.6 Å². The van der Waals surface area contributed by atoms with E-state index >= 15 is 0 Å². The summed E-state index contributed by atoms with van der Waals surface area (Å²) in [5.41, 5.74) is 5.15. The van der Waals surface area contributed by atoms with Gasteiger partial charge in [0, 0.05) is 10.9 Å². The minimum Gasteiger partial charge on any atom is -0.444 e. The normalized spacial score (nSPS) is 10.2. The second kappa shape index (κ2) is 5.87. The molecule has 1 aromatic heterocycles. The Morgan fingerprint density at radius 3 is 2.90 bits per heavy atom. The molecule has 7 nitrogen and oxygen atoms in total. The molecule has 4 N–H and O–H groups in total. The molecule has 0 aliphatic rings. The highest BCUT2D eigenvalue weighted by Crippen LogP contribution is 2.12. The molecule has 20 heavy (non-hydrogen) atoms. The van der Waals surface area contributed by atoms with Gasteiger partial charge in [-0.05, 0) is 12.1 Å². The topological polar surface area (TPSA) is 118 Å². The Hall–Kier alpha value is -2.83. The first kappa shape index (κ1) is 13.6. The summed E-state index contributed by atoms with van der Waals surface area (Å²) in [5.74, 6) is -0.913. The lowest BCUT2D eigenvalue weighted by molar-refractivity contribution is -0.143. The number of rotatable bonds is 4. The largest absolute Gasteiger partial charge is 0.444 e. The molecule has 0 saturated heterocycles. The number of carbonyl (C=O) groups excluding carboxylic acids is 1. The van der Waals surface area contributed by atoms with Crippen LogP contribution in [0.4, 0.5) is 0 Å². The SMILES string of the molecule is N=C(N)NCOC(=O)Cc1cc2ccccc2oc1=O. The highest BCUT2D eigenvalue weighted by molar-refractivity contribution is 5.79. The average molecular weight is 275 g/mol. The number of hydrogen-bond donors (Lipinski definition) is 3. The summed E-state index contributed by atoms with van der Waals surface area (Å²) >= 11 is 0. The highest BCUT2D eigenvalue weighted by atomic mass is 16.5. The van der Waals surface area contributed by atoms with Gasteiger partial charge in [-0.15, -0.1) is 0 Å². The van der Waals surface area contributed by atoms with Gasteiger partial charge in [0.2, 0.25) is 0 Å². The average Bonchev–Trinajstić information content (AvgIpc) is 2.39. The zero-order valence-corrected chi connectivity index (χ0v) is 10.5. The van der Waals surface area contributed by atoms with Gasteiger partial charge in [0.15, 0.2) is 12.7 Å². The third kappa shape index (κ3) is 3.35. The zero-order chi connectivity index (χ0) is 14.5. The summed E-state index contributed by atoms with van der Waals surface area (Å²) in [7, 11) is 0. The molecule has 0 bridgehead atoms. The van der Waals surface area contributed by atoms with Crippen LogP contribution in [0.25, 0.3) is 11.0 Å². The molecular weight excluding hydrogens is 262 g/mol. The molecule has 104 valence electrons. The molecule has 0 amide bonds. The zero-order valence-electron chi connectivity index (χ0n) is 10.5. The first-order valence-corrected chi connectivity index (χ1v) is 5.81. The minimum absolute atomic E-state index is 0.202. The summed E-state index contributed by atoms with van der Waals surface area (Å²) in [6.07, 6.45) is -0.202. The number of benzene rings is 1. The van der Waals surface area contributed by atoms with Gasteiger partial charge in [-0.25, -0.2) is 4.79 Å². The predicted molar refractivity (Wildman–Crippen MR) is 72.2 cm³/mol. The Labute approximate surface area is 113 Å². The van der Waals surface area contributed by atoms with Gasteiger partial charge in [-0.2, -0.15) is 0 Å². The van der Waals surface area contributed by atoms with E-state index in [4.69, 9.17) is 20.3 Å². The van der Waals surface area contributed by atoms with Crippen LogP contribution in [0.15, 0.2) is 39.5 Å². The second-order valence-corrected chi connectivity index (χ2v) is 4.02. The molecular formula is C13H13N3O4. The maximum absolute atomic E-state index is 11.7. The molecule has 0 unspecified atom stereocenters. The van der Waals surface area contributed by atoms with Gasteiger partial charge in [0.1, 0.15) is 5.58 Å². The molecule has 2 rings (SSSR count). The fourth-order valence-corrected chi connectivity index (χ4v) is 1.63. The quantitative estimate of drug-likeness (QED) is 0.243. The number of esters is 1. The van der Waals surface area contributed by atoms with E-state index in [1.165, 1.54) is 0 Å². The van der Waals surface area contributed by atoms with E-state index in [0.717, 1.165) is 5.39 Å². The fourth-order valence-electron chi connectivity index (χ4n) is 1.63. The Morgan fingerprint density at radius 1 is 1.40 bits per heavy atom. The number of nitrogens with two attached hydrogens (primary N) is 1. The molecule has 1 aromatic carbocycles. The van der Waals surface area contributed by atoms with Crippen LogP contribution in [0.3, 0.4) is 0 Å². The molecule has 1 heterocycles. The van der Waals surface area contributed by atoms with Crippen molar-refractivity contribution >= 4 is 22.9 Å². The molecule has 0 aliphatic carbocycles. The van der Waals surface area contributed by atoms with Crippen molar-refractivity contribution in [2.45, 2.75) is 6.42 Å². The van der Waals surface area contributed by atoms with Crippen LogP contribution in [0.5, 0.6) is 0 Å². The summed E-state index contributed by atoms with van der Waals surface area (Å²) in [6.45, 7) is -0.215. The first-order valence-electron chi connectivity index (χ1n) is 5.81. The number of ether oxygens (including phenoxy) is 1. The van der Waals surface area contributed by atoms with E-state index < -0.39 is 11.6 Å². The lowest BCUT2D eigenvalue weighted by atomic mass is 10.1. The van der Waals surface area contributed by atoms with Crippen LogP contribution >= 0.6 is 0 Å². The first-order chi connectivity index (χ1) is 9.56. The highest BCUT2D eigenvalue weighted by Gasteiger charge is 2.11. The Balaban J connectivity index is 2.09. The van der Waals surface area contributed by atoms with E-state index in [1.54, 1.807) is 30.3 Å². The number of guanidine groups is 1. The third-order valence-electron chi connectivity index (χ3n) is 2.54. The standard InChI is InChI=1S/C13H13N3O4/c14-13(15)16-7-19-11(17)6-9-5-8-3-1-2-4-10(8)20-12(9)18/h1-5H,6-7H2,(H4,14,15,16). The van der Waals surface area contributed by atoms with E-state index in [-0.39, 0.29) is 24.7 Å². The number of hydrogen-bond acceptors (Lipinski definition) is 5. The lowest BCUT2D eigenvalue weighted by Crippen LogP contribution is -2.33. The van der Waals surface area contributed by atoms with Crippen molar-refractivity contribution < 1.29 is 13.9 Å². The Bertz CT molecular complexity index is 708. The molecule has 0 atom stereocenters. The van der Waals surface area contributed by atoms with Crippen LogP contribution in [-0.4, -0.2) is 18.7 Å². The lowest BCUT2D eigenvalue weighted by Gasteiger charge is -2.06. The maximum atomic E-state index is 11.7. The van der Waals surface area contributed by atoms with Crippen molar-refractivity contribution in [1.82, 2.24) is 5.32 Å². The molecule has 0 saturated carbocycles. The van der Waals surface area contributed by atoms with Crippen molar-refractivity contribution in [3.05, 3.63) is 46.3 Å². The van der Waals surface area contributed by atoms with Crippen molar-refractivity contribution in [2.75, 3.05) is 6.73 Å². The Kier molecular flexibility index (Phi) is 3.99. The van der Waals surface area contributed by atoms with Crippen LogP contribution in [0.2, 0.25) is 0 Å². The number of carbonyl (C=O) groups is 1. The number of para-hydroxylation sites is 1. The van der Waals surface area contributed by atoms with Crippen molar-refractivity contribution in [2.24, 2.45) is 5.73 Å². The molecule has 0 spiro atoms. The summed E-state index contributed by atoms with van der Waals surface area (Å²) in [5, 5.41) is 9.95. The van der Waals surface area contributed by atoms with Gasteiger partial charge in [-0.1, -0.05) is 18.2 Å². The van der Waals surface area contributed by atoms with Gasteiger partial charge in [0.25, 0.3) is 0 Å². The molecule has 0 radical (unpaired) electrons. The van der Waals surface area contributed by atoms with Crippen molar-refractivity contribution in [1.29, 1.82) is 5.41 Å². The van der Waals surface area contributed by atoms with Crippen LogP contribution in [0.1, 0.15) is 5.56 Å². The summed E-state index contributed by atoms with van der Waals surface area (Å²) < 4.78 is 9.88. The third-order valence-corrected chi connectivity index (χ3v) is 2.54. The summed E-state index contributed by atoms with van der Waals surface area (Å²) in [6, 6.07) is 8.62. The van der Waals surface area contributed by atoms with Crippen LogP contribution < -0.4 is 16.7 Å². The van der Waals surface area contributed by atoms with E-state index in [0.29, 0.717) is 5.58 Å². The van der Waals surface area contributed by atoms with E-state index in [1.807, 2.05) is 0 Å². The molecule has 2 aromatic rings. The second-order valence-electron chi connectivity index (χ2n) is 4.02. The maximum Gasteiger partial charge on any atom is 0.340 e. The molecule has 0 fully saturated rings. The predicted octanol–water partition coefficient (Wildman–Crippen LogP) is 0.319. The van der Waals surface area contributed by atoms with Crippen LogP contribution in [0, 0.1) is 5.41 Å². The van der Waals surface area contributed by atoms with Gasteiger partial charge in [-0.3, -0.25) is 10.2 Å². The van der Waals surface area contributed by atoms with E-state index in [9.17, 15) is 9.59 Å². The van der Waals surface area contributed by atoms with Gasteiger partial charge in [0.05, 0.1) is 6.42 Å². The van der Waals surface area contributed by atoms with Crippen molar-refractivity contribution in [3.63, 3.8) is 0 Å². The van der Waals surface area contributed by atoms with Crippen LogP contribution in [-0.2, 0) is 16.0 Å². The number of nitrogens with one attached hydrogen (secondary N) is 2.